The van der Waals surface area contributed by atoms with Gasteiger partial charge in [0.2, 0.25) is 11.8 Å². The van der Waals surface area contributed by atoms with Crippen LogP contribution >= 0.6 is 0 Å². The van der Waals surface area contributed by atoms with Crippen LogP contribution in [-0.2, 0) is 16.0 Å². The molecule has 5 heteroatoms. The highest BCUT2D eigenvalue weighted by Crippen LogP contribution is 2.22. The molecule has 0 spiro atoms. The minimum atomic E-state index is -0.439. The lowest BCUT2D eigenvalue weighted by Gasteiger charge is -2.26. The molecule has 1 fully saturated rings. The van der Waals surface area contributed by atoms with Gasteiger partial charge in [0.1, 0.15) is 11.8 Å². The van der Waals surface area contributed by atoms with E-state index in [1.54, 1.807) is 12.0 Å². The highest BCUT2D eigenvalue weighted by Gasteiger charge is 2.31. The van der Waals surface area contributed by atoms with Gasteiger partial charge >= 0.3 is 0 Å². The Morgan fingerprint density at radius 1 is 1.16 bits per heavy atom. The first kappa shape index (κ1) is 17.0. The highest BCUT2D eigenvalue weighted by atomic mass is 16.5. The lowest BCUT2D eigenvalue weighted by molar-refractivity contribution is -0.124. The van der Waals surface area contributed by atoms with E-state index in [9.17, 15) is 9.59 Å². The normalized spacial score (nSPS) is 16.4. The van der Waals surface area contributed by atoms with Crippen molar-refractivity contribution in [3.63, 3.8) is 0 Å². The van der Waals surface area contributed by atoms with E-state index in [0.29, 0.717) is 19.4 Å². The van der Waals surface area contributed by atoms with Crippen LogP contribution in [0.2, 0.25) is 0 Å². The molecule has 0 saturated carbocycles. The molecule has 3 rings (SSSR count). The third-order valence-corrected chi connectivity index (χ3v) is 4.41. The summed E-state index contributed by atoms with van der Waals surface area (Å²) in [6.07, 6.45) is 1.71. The molecule has 5 nitrogen and oxygen atoms in total. The van der Waals surface area contributed by atoms with Crippen LogP contribution in [0, 0.1) is 0 Å². The minimum Gasteiger partial charge on any atom is -0.497 e. The fraction of sp³-hybridized carbons (Fsp3) is 0.300. The summed E-state index contributed by atoms with van der Waals surface area (Å²) in [5.74, 6) is 0.622. The number of hydrogen-bond donors (Lipinski definition) is 1. The predicted octanol–water partition coefficient (Wildman–Crippen LogP) is 2.55. The molecule has 0 aromatic heterocycles. The van der Waals surface area contributed by atoms with Crippen molar-refractivity contribution < 1.29 is 14.3 Å². The molecular weight excluding hydrogens is 316 g/mol. The molecule has 2 aromatic carbocycles. The number of nitrogens with zero attached hydrogens (tertiary/aromatic N) is 1. The van der Waals surface area contributed by atoms with Gasteiger partial charge in [0.25, 0.3) is 0 Å². The number of methoxy groups -OCH3 is 1. The Morgan fingerprint density at radius 3 is 2.48 bits per heavy atom. The second kappa shape index (κ2) is 7.83. The summed E-state index contributed by atoms with van der Waals surface area (Å²) in [6, 6.07) is 17.0. The molecule has 0 radical (unpaired) electrons. The van der Waals surface area contributed by atoms with Crippen molar-refractivity contribution in [2.75, 3.05) is 18.6 Å². The number of rotatable bonds is 6. The molecule has 1 saturated heterocycles. The number of ether oxygens (including phenoxy) is 1. The average Bonchev–Trinajstić information content (AvgIpc) is 3.09. The van der Waals surface area contributed by atoms with E-state index in [1.807, 2.05) is 54.6 Å². The van der Waals surface area contributed by atoms with E-state index >= 15 is 0 Å². The van der Waals surface area contributed by atoms with Crippen LogP contribution in [0.25, 0.3) is 0 Å². The Morgan fingerprint density at radius 2 is 1.88 bits per heavy atom. The molecule has 1 N–H and O–H groups in total. The zero-order valence-electron chi connectivity index (χ0n) is 14.3. The molecule has 1 atom stereocenters. The van der Waals surface area contributed by atoms with Gasteiger partial charge in [-0.05, 0) is 42.7 Å². The second-order valence-electron chi connectivity index (χ2n) is 6.08. The molecule has 130 valence electrons. The van der Waals surface area contributed by atoms with Crippen molar-refractivity contribution in [1.82, 2.24) is 5.32 Å². The van der Waals surface area contributed by atoms with E-state index in [-0.39, 0.29) is 11.8 Å². The van der Waals surface area contributed by atoms with Gasteiger partial charge in [-0.25, -0.2) is 0 Å². The van der Waals surface area contributed by atoms with Gasteiger partial charge in [0, 0.05) is 18.7 Å². The number of carbonyl (C=O) groups excluding carboxylic acids is 2. The summed E-state index contributed by atoms with van der Waals surface area (Å²) < 4.78 is 5.19. The molecule has 1 aliphatic rings. The minimum absolute atomic E-state index is 0.0592. The van der Waals surface area contributed by atoms with Gasteiger partial charge in [-0.3, -0.25) is 9.59 Å². The van der Waals surface area contributed by atoms with Crippen LogP contribution in [0.3, 0.4) is 0 Å². The van der Waals surface area contributed by atoms with Crippen molar-refractivity contribution in [1.29, 1.82) is 0 Å². The zero-order valence-corrected chi connectivity index (χ0v) is 14.3. The van der Waals surface area contributed by atoms with Gasteiger partial charge < -0.3 is 15.0 Å². The van der Waals surface area contributed by atoms with Crippen molar-refractivity contribution in [3.05, 3.63) is 60.2 Å². The SMILES string of the molecule is COc1ccc(N(CCc2ccccc2)C(=O)[C@H]2CCC(=O)N2)cc1. The van der Waals surface area contributed by atoms with E-state index in [4.69, 9.17) is 4.74 Å². The Balaban J connectivity index is 1.79. The Labute approximate surface area is 147 Å². The largest absolute Gasteiger partial charge is 0.497 e. The lowest BCUT2D eigenvalue weighted by atomic mass is 10.1. The van der Waals surface area contributed by atoms with Gasteiger partial charge in [-0.1, -0.05) is 30.3 Å². The predicted molar refractivity (Wildman–Crippen MR) is 96.7 cm³/mol. The number of anilines is 1. The van der Waals surface area contributed by atoms with Crippen LogP contribution in [0.1, 0.15) is 18.4 Å². The van der Waals surface area contributed by atoms with Crippen LogP contribution in [-0.4, -0.2) is 31.5 Å². The first-order chi connectivity index (χ1) is 12.2. The molecule has 0 aliphatic carbocycles. The maximum absolute atomic E-state index is 12.9. The number of nitrogens with one attached hydrogen (secondary N) is 1. The van der Waals surface area contributed by atoms with Crippen LogP contribution in [0.4, 0.5) is 5.69 Å². The number of carbonyl (C=O) groups is 2. The van der Waals surface area contributed by atoms with Crippen molar-refractivity contribution in [2.45, 2.75) is 25.3 Å². The third kappa shape index (κ3) is 4.18. The smallest absolute Gasteiger partial charge is 0.249 e. The molecule has 0 bridgehead atoms. The van der Waals surface area contributed by atoms with E-state index in [0.717, 1.165) is 17.9 Å². The maximum atomic E-state index is 12.9. The fourth-order valence-electron chi connectivity index (χ4n) is 3.00. The third-order valence-electron chi connectivity index (χ3n) is 4.41. The Bertz CT molecular complexity index is 728. The molecule has 1 heterocycles. The second-order valence-corrected chi connectivity index (χ2v) is 6.08. The molecular formula is C20H22N2O3. The van der Waals surface area contributed by atoms with Crippen molar-refractivity contribution in [2.24, 2.45) is 0 Å². The topological polar surface area (TPSA) is 58.6 Å². The van der Waals surface area contributed by atoms with Crippen LogP contribution < -0.4 is 15.0 Å². The summed E-state index contributed by atoms with van der Waals surface area (Å²) in [4.78, 5) is 26.2. The quantitative estimate of drug-likeness (QED) is 0.881. The Kier molecular flexibility index (Phi) is 5.33. The summed E-state index contributed by atoms with van der Waals surface area (Å²) in [6.45, 7) is 0.557. The fourth-order valence-corrected chi connectivity index (χ4v) is 3.00. The van der Waals surface area contributed by atoms with Gasteiger partial charge in [0.15, 0.2) is 0 Å². The zero-order chi connectivity index (χ0) is 17.6. The van der Waals surface area contributed by atoms with Crippen LogP contribution in [0.15, 0.2) is 54.6 Å². The number of benzene rings is 2. The van der Waals surface area contributed by atoms with Crippen molar-refractivity contribution >= 4 is 17.5 Å². The molecule has 1 aliphatic heterocycles. The highest BCUT2D eigenvalue weighted by molar-refractivity contribution is 6.00. The first-order valence-corrected chi connectivity index (χ1v) is 8.46. The van der Waals surface area contributed by atoms with Crippen LogP contribution in [0.5, 0.6) is 5.75 Å². The average molecular weight is 338 g/mol. The monoisotopic (exact) mass is 338 g/mol. The molecule has 25 heavy (non-hydrogen) atoms. The van der Waals surface area contributed by atoms with Gasteiger partial charge in [0.05, 0.1) is 7.11 Å². The summed E-state index contributed by atoms with van der Waals surface area (Å²) in [5.41, 5.74) is 1.98. The number of amides is 2. The summed E-state index contributed by atoms with van der Waals surface area (Å²) in [5, 5.41) is 2.77. The number of hydrogen-bond acceptors (Lipinski definition) is 3. The summed E-state index contributed by atoms with van der Waals surface area (Å²) >= 11 is 0. The van der Waals surface area contributed by atoms with E-state index in [1.165, 1.54) is 5.56 Å². The first-order valence-electron chi connectivity index (χ1n) is 8.46. The standard InChI is InChI=1S/C20H22N2O3/c1-25-17-9-7-16(8-10-17)22(14-13-15-5-3-2-4-6-15)20(24)18-11-12-19(23)21-18/h2-10,18H,11-14H2,1H3,(H,21,23)/t18-/m1/s1. The lowest BCUT2D eigenvalue weighted by Crippen LogP contribution is -2.45. The molecule has 2 amide bonds. The van der Waals surface area contributed by atoms with Gasteiger partial charge in [-0.2, -0.15) is 0 Å². The molecule has 2 aromatic rings. The molecule has 0 unspecified atom stereocenters. The van der Waals surface area contributed by atoms with E-state index < -0.39 is 6.04 Å². The van der Waals surface area contributed by atoms with Gasteiger partial charge in [-0.15, -0.1) is 0 Å². The summed E-state index contributed by atoms with van der Waals surface area (Å²) in [7, 11) is 1.61. The van der Waals surface area contributed by atoms with Crippen molar-refractivity contribution in [3.8, 4) is 5.75 Å². The van der Waals surface area contributed by atoms with E-state index in [2.05, 4.69) is 5.32 Å². The Hall–Kier alpha value is -2.82. The maximum Gasteiger partial charge on any atom is 0.249 e.